The number of morpholine rings is 1. The number of methoxy groups -OCH3 is 1. The van der Waals surface area contributed by atoms with Crippen LogP contribution in [-0.2, 0) is 4.74 Å². The molecule has 2 aromatic rings. The van der Waals surface area contributed by atoms with Crippen LogP contribution in [0.25, 0.3) is 11.2 Å². The average Bonchev–Trinajstić information content (AvgIpc) is 2.89. The molecule has 0 atom stereocenters. The minimum absolute atomic E-state index is 0.254. The Labute approximate surface area is 109 Å². The number of aldehydes is 1. The molecule has 0 aliphatic carbocycles. The van der Waals surface area contributed by atoms with E-state index in [1.165, 1.54) is 7.11 Å². The second-order valence-corrected chi connectivity index (χ2v) is 4.12. The zero-order valence-electron chi connectivity index (χ0n) is 10.5. The summed E-state index contributed by atoms with van der Waals surface area (Å²) in [6.07, 6.45) is 0.683. The molecule has 100 valence electrons. The maximum atomic E-state index is 10.9. The molecule has 0 bridgehead atoms. The average molecular weight is 263 g/mol. The highest BCUT2D eigenvalue weighted by atomic mass is 16.5. The number of nitrogens with zero attached hydrogens (tertiary/aromatic N) is 3. The second kappa shape index (κ2) is 4.85. The van der Waals surface area contributed by atoms with Crippen molar-refractivity contribution in [2.24, 2.45) is 0 Å². The fourth-order valence-electron chi connectivity index (χ4n) is 1.99. The fraction of sp³-hybridized carbons (Fsp3) is 0.417. The maximum Gasteiger partial charge on any atom is 0.300 e. The summed E-state index contributed by atoms with van der Waals surface area (Å²) >= 11 is 0. The van der Waals surface area contributed by atoms with Crippen LogP contribution in [0.2, 0.25) is 0 Å². The highest BCUT2D eigenvalue weighted by Crippen LogP contribution is 2.25. The van der Waals surface area contributed by atoms with Crippen LogP contribution in [0.5, 0.6) is 5.88 Å². The molecule has 1 fully saturated rings. The van der Waals surface area contributed by atoms with E-state index < -0.39 is 0 Å². The van der Waals surface area contributed by atoms with Gasteiger partial charge < -0.3 is 18.8 Å². The number of aromatic nitrogens is 2. The van der Waals surface area contributed by atoms with Gasteiger partial charge in [0.2, 0.25) is 11.5 Å². The van der Waals surface area contributed by atoms with E-state index in [1.54, 1.807) is 6.07 Å². The lowest BCUT2D eigenvalue weighted by Gasteiger charge is -2.24. The number of carbonyl (C=O) groups excluding carboxylic acids is 1. The Morgan fingerprint density at radius 2 is 2.16 bits per heavy atom. The molecule has 19 heavy (non-hydrogen) atoms. The molecule has 7 nitrogen and oxygen atoms in total. The van der Waals surface area contributed by atoms with Gasteiger partial charge in [-0.15, -0.1) is 0 Å². The third-order valence-electron chi connectivity index (χ3n) is 2.97. The molecule has 0 radical (unpaired) electrons. The lowest BCUT2D eigenvalue weighted by molar-refractivity contribution is 0.112. The van der Waals surface area contributed by atoms with Crippen molar-refractivity contribution in [1.82, 2.24) is 9.97 Å². The molecule has 3 heterocycles. The number of hydrogen-bond acceptors (Lipinski definition) is 7. The number of carbonyl (C=O) groups is 1. The van der Waals surface area contributed by atoms with Crippen molar-refractivity contribution in [3.63, 3.8) is 0 Å². The molecule has 0 spiro atoms. The predicted molar refractivity (Wildman–Crippen MR) is 66.8 cm³/mol. The van der Waals surface area contributed by atoms with Crippen molar-refractivity contribution in [3.8, 4) is 5.88 Å². The Balaban J connectivity index is 2.02. The largest absolute Gasteiger partial charge is 0.480 e. The van der Waals surface area contributed by atoms with Gasteiger partial charge in [-0.1, -0.05) is 0 Å². The Hall–Kier alpha value is -2.15. The molecule has 7 heteroatoms. The number of rotatable bonds is 3. The topological polar surface area (TPSA) is 77.7 Å². The number of fused-ring (bicyclic) bond motifs is 1. The van der Waals surface area contributed by atoms with Gasteiger partial charge in [-0.25, -0.2) is 0 Å². The van der Waals surface area contributed by atoms with E-state index in [0.717, 1.165) is 13.1 Å². The number of pyridine rings is 1. The Kier molecular flexibility index (Phi) is 3.04. The maximum absolute atomic E-state index is 10.9. The third kappa shape index (κ3) is 2.12. The first-order valence-electron chi connectivity index (χ1n) is 5.95. The Morgan fingerprint density at radius 3 is 2.84 bits per heavy atom. The molecule has 0 N–H and O–H groups in total. The van der Waals surface area contributed by atoms with Gasteiger partial charge in [-0.3, -0.25) is 4.79 Å². The zero-order chi connectivity index (χ0) is 13.2. The van der Waals surface area contributed by atoms with Gasteiger partial charge in [0.05, 0.1) is 25.9 Å². The normalized spacial score (nSPS) is 15.7. The van der Waals surface area contributed by atoms with Crippen LogP contribution in [0.15, 0.2) is 10.5 Å². The molecule has 0 saturated carbocycles. The lowest BCUT2D eigenvalue weighted by Crippen LogP contribution is -2.36. The standard InChI is InChI=1S/C12H13N3O4/c1-17-11-8(7-16)6-9-10(13-11)14-12(19-9)15-2-4-18-5-3-15/h6-7H,2-5H2,1H3. The summed E-state index contributed by atoms with van der Waals surface area (Å²) < 4.78 is 15.9. The van der Waals surface area contributed by atoms with Gasteiger partial charge >= 0.3 is 0 Å². The number of anilines is 1. The summed E-state index contributed by atoms with van der Waals surface area (Å²) in [5, 5.41) is 0. The van der Waals surface area contributed by atoms with E-state index >= 15 is 0 Å². The van der Waals surface area contributed by atoms with E-state index in [4.69, 9.17) is 13.9 Å². The van der Waals surface area contributed by atoms with Crippen LogP contribution in [0.4, 0.5) is 6.01 Å². The van der Waals surface area contributed by atoms with Crippen LogP contribution >= 0.6 is 0 Å². The van der Waals surface area contributed by atoms with Gasteiger partial charge in [-0.2, -0.15) is 9.97 Å². The van der Waals surface area contributed by atoms with Crippen molar-refractivity contribution in [2.75, 3.05) is 38.3 Å². The predicted octanol–water partition coefficient (Wildman–Crippen LogP) is 0.880. The van der Waals surface area contributed by atoms with E-state index in [9.17, 15) is 4.79 Å². The molecule has 0 unspecified atom stereocenters. The Morgan fingerprint density at radius 1 is 1.37 bits per heavy atom. The summed E-state index contributed by atoms with van der Waals surface area (Å²) in [5.74, 6) is 0.254. The molecule has 0 amide bonds. The zero-order valence-corrected chi connectivity index (χ0v) is 10.5. The van der Waals surface area contributed by atoms with Crippen molar-refractivity contribution in [3.05, 3.63) is 11.6 Å². The quantitative estimate of drug-likeness (QED) is 0.760. The summed E-state index contributed by atoms with van der Waals surface area (Å²) in [6, 6.07) is 2.08. The highest BCUT2D eigenvalue weighted by Gasteiger charge is 2.19. The highest BCUT2D eigenvalue weighted by molar-refractivity contribution is 5.85. The van der Waals surface area contributed by atoms with Crippen molar-refractivity contribution in [1.29, 1.82) is 0 Å². The van der Waals surface area contributed by atoms with Crippen LogP contribution in [0.1, 0.15) is 10.4 Å². The number of hydrogen-bond donors (Lipinski definition) is 0. The lowest BCUT2D eigenvalue weighted by atomic mass is 10.3. The van der Waals surface area contributed by atoms with E-state index in [2.05, 4.69) is 9.97 Å². The minimum Gasteiger partial charge on any atom is -0.480 e. The van der Waals surface area contributed by atoms with Crippen molar-refractivity contribution in [2.45, 2.75) is 0 Å². The van der Waals surface area contributed by atoms with E-state index in [-0.39, 0.29) is 5.88 Å². The monoisotopic (exact) mass is 263 g/mol. The molecular weight excluding hydrogens is 250 g/mol. The SMILES string of the molecule is COc1nc2nc(N3CCOCC3)oc2cc1C=O. The Bertz CT molecular complexity index is 604. The van der Waals surface area contributed by atoms with Crippen LogP contribution in [-0.4, -0.2) is 49.7 Å². The van der Waals surface area contributed by atoms with Gasteiger partial charge in [0.15, 0.2) is 11.9 Å². The molecule has 2 aromatic heterocycles. The van der Waals surface area contributed by atoms with Gasteiger partial charge in [0.25, 0.3) is 6.01 Å². The molecule has 0 aromatic carbocycles. The smallest absolute Gasteiger partial charge is 0.300 e. The number of ether oxygens (including phenoxy) is 2. The first-order chi connectivity index (χ1) is 9.31. The second-order valence-electron chi connectivity index (χ2n) is 4.12. The van der Waals surface area contributed by atoms with Crippen molar-refractivity contribution >= 4 is 23.5 Å². The fourth-order valence-corrected chi connectivity index (χ4v) is 1.99. The van der Waals surface area contributed by atoms with E-state index in [1.807, 2.05) is 4.90 Å². The molecular formula is C12H13N3O4. The third-order valence-corrected chi connectivity index (χ3v) is 2.97. The molecule has 1 aliphatic rings. The van der Waals surface area contributed by atoms with Crippen LogP contribution in [0, 0.1) is 0 Å². The molecule has 3 rings (SSSR count). The van der Waals surface area contributed by atoms with E-state index in [0.29, 0.717) is 42.3 Å². The van der Waals surface area contributed by atoms with Gasteiger partial charge in [-0.05, 0) is 0 Å². The first kappa shape index (κ1) is 11.9. The summed E-state index contributed by atoms with van der Waals surface area (Å²) in [5.41, 5.74) is 1.26. The molecule has 1 aliphatic heterocycles. The van der Waals surface area contributed by atoms with Crippen molar-refractivity contribution < 1.29 is 18.7 Å². The summed E-state index contributed by atoms with van der Waals surface area (Å²) in [4.78, 5) is 21.4. The van der Waals surface area contributed by atoms with Gasteiger partial charge in [0.1, 0.15) is 0 Å². The van der Waals surface area contributed by atoms with Crippen LogP contribution < -0.4 is 9.64 Å². The van der Waals surface area contributed by atoms with Crippen LogP contribution in [0.3, 0.4) is 0 Å². The minimum atomic E-state index is 0.254. The summed E-state index contributed by atoms with van der Waals surface area (Å²) in [6.45, 7) is 2.75. The first-order valence-corrected chi connectivity index (χ1v) is 5.95. The number of oxazole rings is 1. The molecule has 1 saturated heterocycles. The summed E-state index contributed by atoms with van der Waals surface area (Å²) in [7, 11) is 1.46. The van der Waals surface area contributed by atoms with Gasteiger partial charge in [0, 0.05) is 19.2 Å².